The van der Waals surface area contributed by atoms with Crippen molar-refractivity contribution in [3.05, 3.63) is 77.7 Å². The van der Waals surface area contributed by atoms with Crippen LogP contribution in [0.25, 0.3) is 0 Å². The van der Waals surface area contributed by atoms with E-state index in [9.17, 15) is 0 Å². The number of rotatable bonds is 4. The van der Waals surface area contributed by atoms with Crippen molar-refractivity contribution in [1.29, 1.82) is 0 Å². The van der Waals surface area contributed by atoms with Gasteiger partial charge >= 0.3 is 0 Å². The molecule has 0 N–H and O–H groups in total. The van der Waals surface area contributed by atoms with Gasteiger partial charge in [-0.2, -0.15) is 0 Å². The van der Waals surface area contributed by atoms with Crippen molar-refractivity contribution in [3.63, 3.8) is 0 Å². The quantitative estimate of drug-likeness (QED) is 0.709. The lowest BCUT2D eigenvalue weighted by molar-refractivity contribution is 0.915. The molecule has 0 aliphatic carbocycles. The zero-order chi connectivity index (χ0) is 11.2. The van der Waals surface area contributed by atoms with Gasteiger partial charge in [-0.1, -0.05) is 67.9 Å². The summed E-state index contributed by atoms with van der Waals surface area (Å²) < 4.78 is 0. The third-order valence-electron chi connectivity index (χ3n) is 2.59. The van der Waals surface area contributed by atoms with Crippen LogP contribution in [0.4, 0.5) is 0 Å². The molecule has 0 aromatic heterocycles. The van der Waals surface area contributed by atoms with Gasteiger partial charge in [0.1, 0.15) is 0 Å². The van der Waals surface area contributed by atoms with Crippen LogP contribution in [0.5, 0.6) is 0 Å². The van der Waals surface area contributed by atoms with Crippen LogP contribution in [0.3, 0.4) is 0 Å². The fraction of sp³-hybridized carbons (Fsp3) is 0.188. The fourth-order valence-corrected chi connectivity index (χ4v) is 1.81. The van der Waals surface area contributed by atoms with Crippen molar-refractivity contribution in [2.24, 2.45) is 0 Å². The first-order valence-electron chi connectivity index (χ1n) is 5.80. The number of benzene rings is 2. The van der Waals surface area contributed by atoms with Crippen molar-refractivity contribution in [1.82, 2.24) is 0 Å². The van der Waals surface area contributed by atoms with Gasteiger partial charge in [0.05, 0.1) is 6.42 Å². The monoisotopic (exact) mass is 208 g/mol. The van der Waals surface area contributed by atoms with Crippen LogP contribution in [0, 0.1) is 6.42 Å². The summed E-state index contributed by atoms with van der Waals surface area (Å²) >= 11 is 0. The molecule has 0 saturated heterocycles. The van der Waals surface area contributed by atoms with E-state index < -0.39 is 0 Å². The Hall–Kier alpha value is -1.56. The minimum Gasteiger partial charge on any atom is -0.0651 e. The summed E-state index contributed by atoms with van der Waals surface area (Å²) in [7, 11) is 0. The maximum absolute atomic E-state index is 3.46. The van der Waals surface area contributed by atoms with Crippen LogP contribution in [0.15, 0.2) is 54.6 Å². The molecule has 0 saturated carbocycles. The van der Waals surface area contributed by atoms with Crippen LogP contribution >= 0.6 is 0 Å². The molecular weight excluding hydrogens is 192 g/mol. The highest BCUT2D eigenvalue weighted by molar-refractivity contribution is 5.41. The van der Waals surface area contributed by atoms with E-state index in [1.54, 1.807) is 0 Å². The first-order chi connectivity index (χ1) is 7.90. The Morgan fingerprint density at radius 1 is 0.875 bits per heavy atom. The van der Waals surface area contributed by atoms with E-state index in [4.69, 9.17) is 0 Å². The zero-order valence-corrected chi connectivity index (χ0v) is 9.61. The molecule has 0 fully saturated rings. The predicted molar refractivity (Wildman–Crippen MR) is 68.3 cm³/mol. The Balaban J connectivity index is 2.21. The Kier molecular flexibility index (Phi) is 3.76. The summed E-state index contributed by atoms with van der Waals surface area (Å²) in [6.07, 6.45) is 5.75. The molecule has 0 unspecified atom stereocenters. The van der Waals surface area contributed by atoms with Gasteiger partial charge < -0.3 is 0 Å². The number of aryl methyl sites for hydroxylation is 1. The smallest absolute Gasteiger partial charge is 0.0504 e. The number of hydrogen-bond donors (Lipinski definition) is 0. The van der Waals surface area contributed by atoms with Gasteiger partial charge in [0.2, 0.25) is 0 Å². The van der Waals surface area contributed by atoms with E-state index in [-0.39, 0.29) is 0 Å². The molecule has 2 rings (SSSR count). The standard InChI is InChI=1S/C16H16/c1-2-8-15-11-6-7-12-16(15)13-14-9-4-3-5-10-14/h3-7,9-12H,2,8H2,1H3. The summed E-state index contributed by atoms with van der Waals surface area (Å²) in [5, 5.41) is 0. The average molecular weight is 208 g/mol. The maximum Gasteiger partial charge on any atom is 0.0504 e. The molecular formula is C16H16. The van der Waals surface area contributed by atoms with E-state index in [0.29, 0.717) is 0 Å². The lowest BCUT2D eigenvalue weighted by atomic mass is 9.97. The summed E-state index contributed by atoms with van der Waals surface area (Å²) in [5.41, 5.74) is 3.75. The third kappa shape index (κ3) is 2.73. The molecule has 0 bridgehead atoms. The molecule has 0 aliphatic rings. The maximum atomic E-state index is 3.46. The second-order valence-corrected chi connectivity index (χ2v) is 3.90. The van der Waals surface area contributed by atoms with Crippen LogP contribution in [-0.2, 0) is 6.42 Å². The Labute approximate surface area is 97.9 Å². The third-order valence-corrected chi connectivity index (χ3v) is 2.59. The summed E-state index contributed by atoms with van der Waals surface area (Å²) in [5.74, 6) is 0. The second-order valence-electron chi connectivity index (χ2n) is 3.90. The first-order valence-corrected chi connectivity index (χ1v) is 5.80. The van der Waals surface area contributed by atoms with Gasteiger partial charge in [0.15, 0.2) is 0 Å². The van der Waals surface area contributed by atoms with Gasteiger partial charge in [-0.15, -0.1) is 0 Å². The normalized spacial score (nSPS) is 10.3. The predicted octanol–water partition coefficient (Wildman–Crippen LogP) is 4.12. The fourth-order valence-electron chi connectivity index (χ4n) is 1.81. The largest absolute Gasteiger partial charge is 0.0651 e. The van der Waals surface area contributed by atoms with Gasteiger partial charge in [0, 0.05) is 0 Å². The molecule has 2 aromatic rings. The van der Waals surface area contributed by atoms with Crippen molar-refractivity contribution in [2.75, 3.05) is 0 Å². The van der Waals surface area contributed by atoms with Crippen molar-refractivity contribution in [2.45, 2.75) is 19.8 Å². The molecule has 0 nitrogen and oxygen atoms in total. The molecule has 0 heteroatoms. The van der Waals surface area contributed by atoms with E-state index in [2.05, 4.69) is 49.7 Å². The second kappa shape index (κ2) is 5.50. The molecule has 0 amide bonds. The van der Waals surface area contributed by atoms with E-state index in [0.717, 1.165) is 12.0 Å². The zero-order valence-electron chi connectivity index (χ0n) is 9.61. The molecule has 2 radical (unpaired) electrons. The molecule has 2 aromatic carbocycles. The SMILES string of the molecule is CCCc1ccccc1[C]c1ccccc1. The van der Waals surface area contributed by atoms with Crippen LogP contribution in [0.2, 0.25) is 0 Å². The van der Waals surface area contributed by atoms with Crippen LogP contribution < -0.4 is 0 Å². The van der Waals surface area contributed by atoms with Crippen molar-refractivity contribution < 1.29 is 0 Å². The molecule has 0 heterocycles. The van der Waals surface area contributed by atoms with Crippen LogP contribution in [0.1, 0.15) is 30.0 Å². The minimum absolute atomic E-state index is 1.12. The van der Waals surface area contributed by atoms with E-state index in [1.807, 2.05) is 18.2 Å². The highest BCUT2D eigenvalue weighted by Gasteiger charge is 2.02. The average Bonchev–Trinajstić information content (AvgIpc) is 2.33. The summed E-state index contributed by atoms with van der Waals surface area (Å²) in [4.78, 5) is 0. The highest BCUT2D eigenvalue weighted by Crippen LogP contribution is 2.17. The number of hydrogen-bond acceptors (Lipinski definition) is 0. The van der Waals surface area contributed by atoms with E-state index >= 15 is 0 Å². The van der Waals surface area contributed by atoms with Crippen molar-refractivity contribution in [3.8, 4) is 0 Å². The topological polar surface area (TPSA) is 0 Å². The molecule has 0 spiro atoms. The molecule has 0 aliphatic heterocycles. The Morgan fingerprint density at radius 3 is 2.31 bits per heavy atom. The van der Waals surface area contributed by atoms with Crippen LogP contribution in [-0.4, -0.2) is 0 Å². The lowest BCUT2D eigenvalue weighted by Crippen LogP contribution is -1.92. The van der Waals surface area contributed by atoms with Crippen molar-refractivity contribution >= 4 is 0 Å². The van der Waals surface area contributed by atoms with Gasteiger partial charge in [-0.05, 0) is 23.1 Å². The summed E-state index contributed by atoms with van der Waals surface area (Å²) in [6, 6.07) is 18.8. The molecule has 16 heavy (non-hydrogen) atoms. The minimum atomic E-state index is 1.12. The first kappa shape index (κ1) is 10.9. The Bertz CT molecular complexity index is 429. The van der Waals surface area contributed by atoms with Gasteiger partial charge in [0.25, 0.3) is 0 Å². The van der Waals surface area contributed by atoms with Gasteiger partial charge in [-0.25, -0.2) is 0 Å². The van der Waals surface area contributed by atoms with Gasteiger partial charge in [-0.3, -0.25) is 0 Å². The van der Waals surface area contributed by atoms with E-state index in [1.165, 1.54) is 17.5 Å². The highest BCUT2D eigenvalue weighted by atomic mass is 14.1. The summed E-state index contributed by atoms with van der Waals surface area (Å²) in [6.45, 7) is 2.21. The molecule has 80 valence electrons. The molecule has 0 atom stereocenters. The Morgan fingerprint density at radius 2 is 1.56 bits per heavy atom. The lowest BCUT2D eigenvalue weighted by Gasteiger charge is -2.07.